The lowest BCUT2D eigenvalue weighted by Crippen LogP contribution is -2.44. The summed E-state index contributed by atoms with van der Waals surface area (Å²) in [6.45, 7) is 0. The third-order valence-electron chi connectivity index (χ3n) is 3.59. The van der Waals surface area contributed by atoms with Gasteiger partial charge in [-0.1, -0.05) is 24.3 Å². The van der Waals surface area contributed by atoms with Crippen molar-refractivity contribution in [1.29, 1.82) is 0 Å². The van der Waals surface area contributed by atoms with E-state index in [0.29, 0.717) is 17.1 Å². The van der Waals surface area contributed by atoms with Gasteiger partial charge in [0.05, 0.1) is 6.42 Å². The molecule has 1 aromatic heterocycles. The van der Waals surface area contributed by atoms with Gasteiger partial charge >= 0.3 is 6.03 Å². The van der Waals surface area contributed by atoms with Gasteiger partial charge in [-0.05, 0) is 40.3 Å². The van der Waals surface area contributed by atoms with Crippen LogP contribution >= 0.6 is 0 Å². The molecular weight excluding hydrogens is 353 g/mol. The summed E-state index contributed by atoms with van der Waals surface area (Å²) in [5.41, 5.74) is 6.39. The molecule has 0 saturated carbocycles. The number of amides is 3. The second kappa shape index (κ2) is 8.04. The average Bonchev–Trinajstić information content (AvgIpc) is 3.08. The summed E-state index contributed by atoms with van der Waals surface area (Å²) in [6.07, 6.45) is 0.00913. The molecular formula is C17H16FN7O2. The minimum Gasteiger partial charge on any atom is -0.307 e. The standard InChI is InChI=1S/C17H16FN7O2/c1-25-16(21-23-24-25)12-3-2-4-14(10-12)19-17(27)22-20-15(26)9-11-5-7-13(18)8-6-11/h2-8,10H,9H2,1H3,(H,20,26)(H2,19,22,27). The highest BCUT2D eigenvalue weighted by atomic mass is 19.1. The number of halogens is 1. The van der Waals surface area contributed by atoms with Crippen molar-refractivity contribution in [3.63, 3.8) is 0 Å². The van der Waals surface area contributed by atoms with Gasteiger partial charge in [0, 0.05) is 18.3 Å². The predicted octanol–water partition coefficient (Wildman–Crippen LogP) is 1.41. The molecule has 0 unspecified atom stereocenters. The normalized spacial score (nSPS) is 10.3. The Kier molecular flexibility index (Phi) is 5.36. The summed E-state index contributed by atoms with van der Waals surface area (Å²) in [5, 5.41) is 13.8. The van der Waals surface area contributed by atoms with Crippen molar-refractivity contribution in [3.8, 4) is 11.4 Å². The molecule has 3 N–H and O–H groups in total. The number of benzene rings is 2. The maximum absolute atomic E-state index is 12.8. The van der Waals surface area contributed by atoms with Crippen molar-refractivity contribution in [2.45, 2.75) is 6.42 Å². The summed E-state index contributed by atoms with van der Waals surface area (Å²) in [7, 11) is 1.71. The van der Waals surface area contributed by atoms with Crippen LogP contribution in [0, 0.1) is 5.82 Å². The molecule has 0 saturated heterocycles. The van der Waals surface area contributed by atoms with E-state index in [0.717, 1.165) is 5.56 Å². The number of hydrogen-bond donors (Lipinski definition) is 3. The number of carbonyl (C=O) groups excluding carboxylic acids is 2. The van der Waals surface area contributed by atoms with Gasteiger partial charge in [0.25, 0.3) is 0 Å². The fourth-order valence-corrected chi connectivity index (χ4v) is 2.33. The number of carbonyl (C=O) groups is 2. The lowest BCUT2D eigenvalue weighted by molar-refractivity contribution is -0.121. The molecule has 27 heavy (non-hydrogen) atoms. The number of anilines is 1. The van der Waals surface area contributed by atoms with E-state index in [-0.39, 0.29) is 12.2 Å². The molecule has 0 aliphatic heterocycles. The molecule has 138 valence electrons. The number of rotatable bonds is 4. The molecule has 3 rings (SSSR count). The van der Waals surface area contributed by atoms with Crippen molar-refractivity contribution in [2.24, 2.45) is 7.05 Å². The molecule has 0 fully saturated rings. The summed E-state index contributed by atoms with van der Waals surface area (Å²) in [6, 6.07) is 11.9. The average molecular weight is 369 g/mol. The van der Waals surface area contributed by atoms with Crippen molar-refractivity contribution < 1.29 is 14.0 Å². The molecule has 3 aromatic rings. The van der Waals surface area contributed by atoms with E-state index in [1.165, 1.54) is 28.9 Å². The number of nitrogens with zero attached hydrogens (tertiary/aromatic N) is 4. The summed E-state index contributed by atoms with van der Waals surface area (Å²) < 4.78 is 14.4. The highest BCUT2D eigenvalue weighted by Crippen LogP contribution is 2.19. The van der Waals surface area contributed by atoms with Crippen LogP contribution in [0.25, 0.3) is 11.4 Å². The van der Waals surface area contributed by atoms with Gasteiger partial charge in [0.15, 0.2) is 5.82 Å². The Morgan fingerprint density at radius 3 is 2.59 bits per heavy atom. The number of urea groups is 1. The van der Waals surface area contributed by atoms with Crippen LogP contribution in [0.5, 0.6) is 0 Å². The highest BCUT2D eigenvalue weighted by molar-refractivity contribution is 5.91. The number of aryl methyl sites for hydroxylation is 1. The first-order chi connectivity index (χ1) is 13.0. The van der Waals surface area contributed by atoms with Gasteiger partial charge in [-0.2, -0.15) is 0 Å². The maximum atomic E-state index is 12.8. The zero-order chi connectivity index (χ0) is 19.2. The lowest BCUT2D eigenvalue weighted by Gasteiger charge is -2.10. The first kappa shape index (κ1) is 18.0. The number of hydrogen-bond acceptors (Lipinski definition) is 5. The van der Waals surface area contributed by atoms with Crippen LogP contribution in [0.4, 0.5) is 14.9 Å². The third-order valence-corrected chi connectivity index (χ3v) is 3.59. The van der Waals surface area contributed by atoms with Gasteiger partial charge < -0.3 is 5.32 Å². The Bertz CT molecular complexity index is 956. The van der Waals surface area contributed by atoms with E-state index < -0.39 is 11.9 Å². The van der Waals surface area contributed by atoms with E-state index in [1.807, 2.05) is 0 Å². The van der Waals surface area contributed by atoms with Gasteiger partial charge in [0.1, 0.15) is 5.82 Å². The third kappa shape index (κ3) is 4.84. The van der Waals surface area contributed by atoms with E-state index in [2.05, 4.69) is 31.7 Å². The molecule has 2 aromatic carbocycles. The van der Waals surface area contributed by atoms with Crippen LogP contribution in [0.2, 0.25) is 0 Å². The second-order valence-corrected chi connectivity index (χ2v) is 5.64. The smallest absolute Gasteiger partial charge is 0.307 e. The molecule has 1 heterocycles. The minimum absolute atomic E-state index is 0.00913. The zero-order valence-electron chi connectivity index (χ0n) is 14.3. The van der Waals surface area contributed by atoms with E-state index in [4.69, 9.17) is 0 Å². The largest absolute Gasteiger partial charge is 0.337 e. The fraction of sp³-hybridized carbons (Fsp3) is 0.118. The summed E-state index contributed by atoms with van der Waals surface area (Å²) >= 11 is 0. The van der Waals surface area contributed by atoms with Crippen LogP contribution in [0.1, 0.15) is 5.56 Å². The van der Waals surface area contributed by atoms with Gasteiger partial charge in [-0.25, -0.2) is 19.3 Å². The number of hydrazine groups is 1. The Morgan fingerprint density at radius 2 is 1.89 bits per heavy atom. The lowest BCUT2D eigenvalue weighted by atomic mass is 10.1. The zero-order valence-corrected chi connectivity index (χ0v) is 14.3. The maximum Gasteiger partial charge on any atom is 0.337 e. The van der Waals surface area contributed by atoms with Gasteiger partial charge in [-0.15, -0.1) is 5.10 Å². The van der Waals surface area contributed by atoms with E-state index >= 15 is 0 Å². The van der Waals surface area contributed by atoms with Gasteiger partial charge in [0.2, 0.25) is 5.91 Å². The molecule has 0 aliphatic rings. The van der Waals surface area contributed by atoms with E-state index in [1.54, 1.807) is 31.3 Å². The van der Waals surface area contributed by atoms with Crippen LogP contribution < -0.4 is 16.2 Å². The Balaban J connectivity index is 1.53. The number of nitrogens with one attached hydrogen (secondary N) is 3. The Labute approximate surface area is 153 Å². The Morgan fingerprint density at radius 1 is 1.11 bits per heavy atom. The van der Waals surface area contributed by atoms with Crippen LogP contribution in [0.15, 0.2) is 48.5 Å². The monoisotopic (exact) mass is 369 g/mol. The molecule has 0 atom stereocenters. The molecule has 0 radical (unpaired) electrons. The predicted molar refractivity (Wildman–Crippen MR) is 94.6 cm³/mol. The van der Waals surface area contributed by atoms with Crippen molar-refractivity contribution in [1.82, 2.24) is 31.1 Å². The van der Waals surface area contributed by atoms with Gasteiger partial charge in [-0.3, -0.25) is 10.2 Å². The topological polar surface area (TPSA) is 114 Å². The molecule has 3 amide bonds. The molecule has 9 nitrogen and oxygen atoms in total. The highest BCUT2D eigenvalue weighted by Gasteiger charge is 2.09. The molecule has 10 heteroatoms. The SMILES string of the molecule is Cn1nnnc1-c1cccc(NC(=O)NNC(=O)Cc2ccc(F)cc2)c1. The Hall–Kier alpha value is -3.82. The molecule has 0 spiro atoms. The first-order valence-electron chi connectivity index (χ1n) is 7.94. The van der Waals surface area contributed by atoms with Crippen LogP contribution in [-0.4, -0.2) is 32.1 Å². The summed E-state index contributed by atoms with van der Waals surface area (Å²) in [5.74, 6) is -0.265. The first-order valence-corrected chi connectivity index (χ1v) is 7.94. The van der Waals surface area contributed by atoms with Crippen molar-refractivity contribution >= 4 is 17.6 Å². The second-order valence-electron chi connectivity index (χ2n) is 5.64. The van der Waals surface area contributed by atoms with Crippen LogP contribution in [0.3, 0.4) is 0 Å². The van der Waals surface area contributed by atoms with E-state index in [9.17, 15) is 14.0 Å². The minimum atomic E-state index is -0.615. The molecule has 0 aliphatic carbocycles. The summed E-state index contributed by atoms with van der Waals surface area (Å²) in [4.78, 5) is 23.8. The number of aromatic nitrogens is 4. The van der Waals surface area contributed by atoms with Crippen molar-refractivity contribution in [3.05, 3.63) is 59.9 Å². The molecule has 0 bridgehead atoms. The number of tetrazole rings is 1. The van der Waals surface area contributed by atoms with Crippen molar-refractivity contribution in [2.75, 3.05) is 5.32 Å². The fourth-order valence-electron chi connectivity index (χ4n) is 2.33. The quantitative estimate of drug-likeness (QED) is 0.602. The van der Waals surface area contributed by atoms with Crippen LogP contribution in [-0.2, 0) is 18.3 Å².